The molecule has 1 fully saturated rings. The lowest BCUT2D eigenvalue weighted by Crippen LogP contribution is -2.43. The second kappa shape index (κ2) is 8.22. The average Bonchev–Trinajstić information content (AvgIpc) is 2.39. The minimum absolute atomic E-state index is 0.123. The maximum absolute atomic E-state index is 12.6. The van der Waals surface area contributed by atoms with Gasteiger partial charge in [0, 0.05) is 12.6 Å². The minimum Gasteiger partial charge on any atom is -0.317 e. The monoisotopic (exact) mass is 290 g/mol. The first kappa shape index (κ1) is 16.9. The molecule has 0 saturated carbocycles. The molecule has 1 saturated heterocycles. The van der Waals surface area contributed by atoms with Crippen LogP contribution in [0.2, 0.25) is 0 Å². The molecule has 1 aliphatic heterocycles. The van der Waals surface area contributed by atoms with Crippen molar-refractivity contribution in [3.05, 3.63) is 0 Å². The summed E-state index contributed by atoms with van der Waals surface area (Å²) in [5.74, 6) is 0.669. The van der Waals surface area contributed by atoms with E-state index in [0.717, 1.165) is 45.2 Å². The molecule has 0 aromatic heterocycles. The molecule has 4 nitrogen and oxygen atoms in total. The Morgan fingerprint density at radius 2 is 1.89 bits per heavy atom. The van der Waals surface area contributed by atoms with Gasteiger partial charge < -0.3 is 5.32 Å². The van der Waals surface area contributed by atoms with Crippen LogP contribution in [0, 0.1) is 5.92 Å². The Morgan fingerprint density at radius 3 is 2.42 bits per heavy atom. The summed E-state index contributed by atoms with van der Waals surface area (Å²) in [5.41, 5.74) is 0. The van der Waals surface area contributed by atoms with E-state index >= 15 is 0 Å². The molecule has 1 rings (SSSR count). The number of nitrogens with zero attached hydrogens (tertiary/aromatic N) is 1. The van der Waals surface area contributed by atoms with E-state index in [1.165, 1.54) is 0 Å². The van der Waals surface area contributed by atoms with Crippen LogP contribution in [-0.2, 0) is 10.0 Å². The highest BCUT2D eigenvalue weighted by Crippen LogP contribution is 2.19. The largest absolute Gasteiger partial charge is 0.317 e. The van der Waals surface area contributed by atoms with Crippen molar-refractivity contribution in [2.45, 2.75) is 58.9 Å². The maximum atomic E-state index is 12.6. The number of nitrogens with one attached hydrogen (secondary N) is 1. The van der Waals surface area contributed by atoms with E-state index in [-0.39, 0.29) is 6.04 Å². The molecule has 0 bridgehead atoms. The molecule has 1 atom stereocenters. The Morgan fingerprint density at radius 1 is 1.26 bits per heavy atom. The molecule has 1 heterocycles. The van der Waals surface area contributed by atoms with Crippen LogP contribution in [0.5, 0.6) is 0 Å². The second-order valence-corrected chi connectivity index (χ2v) is 7.66. The summed E-state index contributed by atoms with van der Waals surface area (Å²) in [5, 5.41) is 3.29. The lowest BCUT2D eigenvalue weighted by Gasteiger charge is -2.30. The molecule has 114 valence electrons. The molecule has 5 heteroatoms. The first-order valence-electron chi connectivity index (χ1n) is 7.71. The summed E-state index contributed by atoms with van der Waals surface area (Å²) >= 11 is 0. The Bertz CT molecular complexity index is 337. The second-order valence-electron chi connectivity index (χ2n) is 5.69. The van der Waals surface area contributed by atoms with Gasteiger partial charge in [-0.1, -0.05) is 20.3 Å². The molecule has 1 aliphatic rings. The summed E-state index contributed by atoms with van der Waals surface area (Å²) in [6.45, 7) is 8.78. The van der Waals surface area contributed by atoms with Crippen molar-refractivity contribution in [1.82, 2.24) is 9.62 Å². The van der Waals surface area contributed by atoms with E-state index in [1.54, 1.807) is 4.31 Å². The normalized spacial score (nSPS) is 19.8. The summed E-state index contributed by atoms with van der Waals surface area (Å²) in [4.78, 5) is 0. The summed E-state index contributed by atoms with van der Waals surface area (Å²) in [7, 11) is -3.10. The van der Waals surface area contributed by atoms with Gasteiger partial charge in [-0.05, 0) is 51.6 Å². The lowest BCUT2D eigenvalue weighted by molar-refractivity contribution is 0.316. The number of hydrogen-bond donors (Lipinski definition) is 1. The van der Waals surface area contributed by atoms with E-state index in [9.17, 15) is 8.42 Å². The highest BCUT2D eigenvalue weighted by atomic mass is 32.2. The smallest absolute Gasteiger partial charge is 0.214 e. The van der Waals surface area contributed by atoms with Gasteiger partial charge in [-0.25, -0.2) is 8.42 Å². The fourth-order valence-electron chi connectivity index (χ4n) is 2.59. The maximum Gasteiger partial charge on any atom is 0.214 e. The molecule has 1 N–H and O–H groups in total. The SMILES string of the molecule is CCCCN(C(C)CC)S(=O)(=O)CC1CCNCC1. The van der Waals surface area contributed by atoms with Crippen LogP contribution in [0.25, 0.3) is 0 Å². The third-order valence-corrected chi connectivity index (χ3v) is 6.23. The number of hydrogen-bond acceptors (Lipinski definition) is 3. The van der Waals surface area contributed by atoms with Crippen LogP contribution in [0.1, 0.15) is 52.9 Å². The highest BCUT2D eigenvalue weighted by molar-refractivity contribution is 7.89. The van der Waals surface area contributed by atoms with E-state index in [4.69, 9.17) is 0 Å². The van der Waals surface area contributed by atoms with Gasteiger partial charge in [-0.2, -0.15) is 4.31 Å². The Labute approximate surface area is 119 Å². The zero-order valence-electron chi connectivity index (χ0n) is 12.7. The average molecular weight is 290 g/mol. The first-order chi connectivity index (χ1) is 9.01. The number of unbranched alkanes of at least 4 members (excludes halogenated alkanes) is 1. The molecular weight excluding hydrogens is 260 g/mol. The third kappa shape index (κ3) is 5.40. The van der Waals surface area contributed by atoms with E-state index < -0.39 is 10.0 Å². The molecule has 1 unspecified atom stereocenters. The zero-order valence-corrected chi connectivity index (χ0v) is 13.5. The van der Waals surface area contributed by atoms with Crippen LogP contribution in [0.4, 0.5) is 0 Å². The van der Waals surface area contributed by atoms with Crippen molar-refractivity contribution < 1.29 is 8.42 Å². The topological polar surface area (TPSA) is 49.4 Å². The molecule has 0 radical (unpaired) electrons. The standard InChI is InChI=1S/C14H30N2O2S/c1-4-6-11-16(13(3)5-2)19(17,18)12-14-7-9-15-10-8-14/h13-15H,4-12H2,1-3H3. The quantitative estimate of drug-likeness (QED) is 0.745. The zero-order chi connectivity index (χ0) is 14.3. The van der Waals surface area contributed by atoms with Gasteiger partial charge in [0.25, 0.3) is 0 Å². The fourth-order valence-corrected chi connectivity index (χ4v) is 4.82. The fraction of sp³-hybridized carbons (Fsp3) is 1.00. The van der Waals surface area contributed by atoms with Crippen molar-refractivity contribution in [2.24, 2.45) is 5.92 Å². The predicted octanol–water partition coefficient (Wildman–Crippen LogP) is 2.22. The summed E-state index contributed by atoms with van der Waals surface area (Å²) in [6.07, 6.45) is 4.85. The Kier molecular flexibility index (Phi) is 7.32. The lowest BCUT2D eigenvalue weighted by atomic mass is 10.0. The van der Waals surface area contributed by atoms with Gasteiger partial charge >= 0.3 is 0 Å². The van der Waals surface area contributed by atoms with Crippen molar-refractivity contribution >= 4 is 10.0 Å². The van der Waals surface area contributed by atoms with Crippen molar-refractivity contribution in [2.75, 3.05) is 25.4 Å². The third-order valence-electron chi connectivity index (χ3n) is 4.08. The molecule has 19 heavy (non-hydrogen) atoms. The van der Waals surface area contributed by atoms with Crippen LogP contribution in [-0.4, -0.2) is 44.2 Å². The molecule has 0 aromatic carbocycles. The van der Waals surface area contributed by atoms with Crippen molar-refractivity contribution in [3.63, 3.8) is 0 Å². The van der Waals surface area contributed by atoms with Gasteiger partial charge in [0.05, 0.1) is 5.75 Å². The Balaban J connectivity index is 2.67. The van der Waals surface area contributed by atoms with Gasteiger partial charge in [-0.15, -0.1) is 0 Å². The predicted molar refractivity (Wildman–Crippen MR) is 80.7 cm³/mol. The van der Waals surface area contributed by atoms with Gasteiger partial charge in [0.1, 0.15) is 0 Å². The highest BCUT2D eigenvalue weighted by Gasteiger charge is 2.29. The summed E-state index contributed by atoms with van der Waals surface area (Å²) in [6, 6.07) is 0.123. The Hall–Kier alpha value is -0.130. The number of sulfonamides is 1. The van der Waals surface area contributed by atoms with Crippen molar-refractivity contribution in [3.8, 4) is 0 Å². The molecule has 0 amide bonds. The van der Waals surface area contributed by atoms with Crippen LogP contribution in [0.3, 0.4) is 0 Å². The van der Waals surface area contributed by atoms with Crippen LogP contribution < -0.4 is 5.32 Å². The minimum atomic E-state index is -3.10. The van der Waals surface area contributed by atoms with Gasteiger partial charge in [0.15, 0.2) is 0 Å². The van der Waals surface area contributed by atoms with E-state index in [2.05, 4.69) is 19.2 Å². The van der Waals surface area contributed by atoms with E-state index in [1.807, 2.05) is 6.92 Å². The molecule has 0 aliphatic carbocycles. The molecule has 0 aromatic rings. The molecular formula is C14H30N2O2S. The summed E-state index contributed by atoms with van der Waals surface area (Å²) < 4.78 is 27.0. The number of rotatable bonds is 8. The van der Waals surface area contributed by atoms with Gasteiger partial charge in [0.2, 0.25) is 10.0 Å². The van der Waals surface area contributed by atoms with Crippen LogP contribution in [0.15, 0.2) is 0 Å². The van der Waals surface area contributed by atoms with Crippen molar-refractivity contribution in [1.29, 1.82) is 0 Å². The molecule has 0 spiro atoms. The first-order valence-corrected chi connectivity index (χ1v) is 9.32. The number of piperidine rings is 1. The van der Waals surface area contributed by atoms with Gasteiger partial charge in [-0.3, -0.25) is 0 Å². The van der Waals surface area contributed by atoms with E-state index in [0.29, 0.717) is 18.2 Å². The van der Waals surface area contributed by atoms with Crippen LogP contribution >= 0.6 is 0 Å².